The van der Waals surface area contributed by atoms with Crippen LogP contribution in [-0.4, -0.2) is 45.0 Å². The van der Waals surface area contributed by atoms with Crippen molar-refractivity contribution in [1.82, 2.24) is 19.8 Å². The van der Waals surface area contributed by atoms with Crippen LogP contribution in [0.2, 0.25) is 5.02 Å². The molecule has 2 N–H and O–H groups in total. The quantitative estimate of drug-likeness (QED) is 0.496. The minimum Gasteiger partial charge on any atom is -0.361 e. The number of hydrogen-bond donors (Lipinski definition) is 2. The zero-order valence-electron chi connectivity index (χ0n) is 15.2. The molecule has 10 heteroatoms. The normalized spacial score (nSPS) is 15.7. The van der Waals surface area contributed by atoms with E-state index >= 15 is 4.39 Å². The zero-order chi connectivity index (χ0) is 20.3. The van der Waals surface area contributed by atoms with Gasteiger partial charge in [0.25, 0.3) is 0 Å². The lowest BCUT2D eigenvalue weighted by atomic mass is 9.95. The second-order valence-corrected chi connectivity index (χ2v) is 7.73. The highest BCUT2D eigenvalue weighted by molar-refractivity contribution is 6.36. The van der Waals surface area contributed by atoms with Gasteiger partial charge in [-0.25, -0.2) is 13.3 Å². The lowest BCUT2D eigenvalue weighted by molar-refractivity contribution is -0.105. The van der Waals surface area contributed by atoms with E-state index in [9.17, 15) is 9.18 Å². The molecule has 1 fully saturated rings. The first-order chi connectivity index (χ1) is 13.9. The number of aromatic amines is 1. The smallest absolute Gasteiger partial charge is 0.212 e. The van der Waals surface area contributed by atoms with E-state index in [2.05, 4.69) is 20.6 Å². The molecule has 1 aliphatic heterocycles. The Bertz CT molecular complexity index is 1270. The summed E-state index contributed by atoms with van der Waals surface area (Å²) in [5.41, 5.74) is 1.17. The fourth-order valence-electron chi connectivity index (χ4n) is 3.87. The fourth-order valence-corrected chi connectivity index (χ4v) is 4.17. The summed E-state index contributed by atoms with van der Waals surface area (Å²) in [5, 5.41) is 14.2. The van der Waals surface area contributed by atoms with E-state index in [0.717, 1.165) is 0 Å². The molecule has 5 rings (SSSR count). The average Bonchev–Trinajstić information content (AvgIpc) is 3.27. The topological polar surface area (TPSA) is 78.3 Å². The molecule has 0 bridgehead atoms. The first-order valence-electron chi connectivity index (χ1n) is 8.86. The maximum Gasteiger partial charge on any atom is 0.212 e. The second kappa shape index (κ2) is 6.15. The van der Waals surface area contributed by atoms with Crippen LogP contribution in [-0.2, 0) is 4.79 Å². The van der Waals surface area contributed by atoms with Gasteiger partial charge < -0.3 is 10.2 Å². The predicted octanol–water partition coefficient (Wildman–Crippen LogP) is 3.79. The minimum atomic E-state index is -1.36. The standard InChI is InChI=1S/C19H15ClF2N6O/c1-19(22)7-27(8-19)18-16(21)15(20)14(12-6-24-25-17(12)18)10-2-3-28-11(4-10)5-13(26-28)23-9-29/h2-6,9H,7-8H2,1H3,(H,24,25)(H,23,26,29). The van der Waals surface area contributed by atoms with Gasteiger partial charge in [0.2, 0.25) is 6.41 Å². The first-order valence-corrected chi connectivity index (χ1v) is 9.24. The average molecular weight is 417 g/mol. The number of H-pyrrole nitrogens is 1. The number of rotatable bonds is 4. The van der Waals surface area contributed by atoms with Crippen LogP contribution < -0.4 is 10.2 Å². The van der Waals surface area contributed by atoms with Crippen molar-refractivity contribution in [1.29, 1.82) is 0 Å². The molecule has 0 atom stereocenters. The maximum atomic E-state index is 15.3. The molecular formula is C19H15ClF2N6O. The summed E-state index contributed by atoms with van der Waals surface area (Å²) < 4.78 is 30.9. The highest BCUT2D eigenvalue weighted by Gasteiger charge is 2.41. The van der Waals surface area contributed by atoms with Crippen molar-refractivity contribution >= 4 is 45.9 Å². The summed E-state index contributed by atoms with van der Waals surface area (Å²) in [6.07, 6.45) is 3.81. The van der Waals surface area contributed by atoms with Gasteiger partial charge in [0.05, 0.1) is 35.3 Å². The van der Waals surface area contributed by atoms with Crippen LogP contribution in [0.15, 0.2) is 30.6 Å². The van der Waals surface area contributed by atoms with Crippen molar-refractivity contribution in [3.63, 3.8) is 0 Å². The molecule has 29 heavy (non-hydrogen) atoms. The van der Waals surface area contributed by atoms with Gasteiger partial charge in [0.15, 0.2) is 11.6 Å². The van der Waals surface area contributed by atoms with Gasteiger partial charge in [-0.15, -0.1) is 0 Å². The molecule has 3 aromatic heterocycles. The molecule has 1 saturated heterocycles. The van der Waals surface area contributed by atoms with Crippen LogP contribution >= 0.6 is 11.6 Å². The molecule has 0 spiro atoms. The van der Waals surface area contributed by atoms with E-state index in [1.165, 1.54) is 6.92 Å². The van der Waals surface area contributed by atoms with Gasteiger partial charge in [0, 0.05) is 23.2 Å². The van der Waals surface area contributed by atoms with Gasteiger partial charge in [-0.2, -0.15) is 10.2 Å². The third-order valence-electron chi connectivity index (χ3n) is 5.08. The molecule has 1 amide bonds. The summed E-state index contributed by atoms with van der Waals surface area (Å²) >= 11 is 6.45. The molecule has 0 saturated carbocycles. The van der Waals surface area contributed by atoms with Crippen LogP contribution in [0.4, 0.5) is 20.3 Å². The largest absolute Gasteiger partial charge is 0.361 e. The Hall–Kier alpha value is -3.20. The van der Waals surface area contributed by atoms with Gasteiger partial charge >= 0.3 is 0 Å². The van der Waals surface area contributed by atoms with E-state index in [0.29, 0.717) is 39.8 Å². The second-order valence-electron chi connectivity index (χ2n) is 7.36. The molecular weight excluding hydrogens is 402 g/mol. The lowest BCUT2D eigenvalue weighted by Gasteiger charge is -2.44. The molecule has 4 heterocycles. The Kier molecular flexibility index (Phi) is 3.79. The number of aromatic nitrogens is 4. The zero-order valence-corrected chi connectivity index (χ0v) is 16.0. The number of benzene rings is 1. The SMILES string of the molecule is CC1(F)CN(c2c(F)c(Cl)c(-c3ccn4nc(NC=O)cc4c3)c3cn[nH]c23)C1. The number of pyridine rings is 1. The summed E-state index contributed by atoms with van der Waals surface area (Å²) in [6, 6.07) is 5.23. The Morgan fingerprint density at radius 3 is 2.90 bits per heavy atom. The van der Waals surface area contributed by atoms with Crippen molar-refractivity contribution in [2.45, 2.75) is 12.6 Å². The number of hydrogen-bond acceptors (Lipinski definition) is 4. The van der Waals surface area contributed by atoms with Crippen molar-refractivity contribution < 1.29 is 13.6 Å². The molecule has 1 aromatic carbocycles. The number of halogens is 3. The number of anilines is 2. The summed E-state index contributed by atoms with van der Waals surface area (Å²) in [6.45, 7) is 1.65. The number of amides is 1. The Morgan fingerprint density at radius 2 is 2.17 bits per heavy atom. The van der Waals surface area contributed by atoms with Crippen LogP contribution in [0.25, 0.3) is 27.5 Å². The van der Waals surface area contributed by atoms with Gasteiger partial charge in [0.1, 0.15) is 11.4 Å². The van der Waals surface area contributed by atoms with E-state index in [1.807, 2.05) is 0 Å². The van der Waals surface area contributed by atoms with Crippen LogP contribution in [0.1, 0.15) is 6.92 Å². The lowest BCUT2D eigenvalue weighted by Crippen LogP contribution is -2.57. The van der Waals surface area contributed by atoms with Crippen LogP contribution in [0, 0.1) is 5.82 Å². The van der Waals surface area contributed by atoms with Crippen molar-refractivity contribution in [2.75, 3.05) is 23.3 Å². The summed E-state index contributed by atoms with van der Waals surface area (Å²) in [4.78, 5) is 12.3. The van der Waals surface area contributed by atoms with Crippen LogP contribution in [0.3, 0.4) is 0 Å². The third kappa shape index (κ3) is 2.72. The number of fused-ring (bicyclic) bond motifs is 2. The molecule has 7 nitrogen and oxygen atoms in total. The van der Waals surface area contributed by atoms with Gasteiger partial charge in [-0.1, -0.05) is 11.6 Å². The van der Waals surface area contributed by atoms with Gasteiger partial charge in [-0.3, -0.25) is 9.89 Å². The van der Waals surface area contributed by atoms with Crippen molar-refractivity contribution in [3.8, 4) is 11.1 Å². The third-order valence-corrected chi connectivity index (χ3v) is 5.44. The number of nitrogens with zero attached hydrogens (tertiary/aromatic N) is 4. The van der Waals surface area contributed by atoms with Crippen molar-refractivity contribution in [3.05, 3.63) is 41.4 Å². The van der Waals surface area contributed by atoms with E-state index in [1.54, 1.807) is 40.0 Å². The molecule has 1 aliphatic rings. The predicted molar refractivity (Wildman–Crippen MR) is 107 cm³/mol. The maximum absolute atomic E-state index is 15.3. The van der Waals surface area contributed by atoms with E-state index in [4.69, 9.17) is 11.6 Å². The van der Waals surface area contributed by atoms with Crippen molar-refractivity contribution in [2.24, 2.45) is 0 Å². The molecule has 0 radical (unpaired) electrons. The monoisotopic (exact) mass is 416 g/mol. The Labute approximate surface area is 168 Å². The van der Waals surface area contributed by atoms with E-state index in [-0.39, 0.29) is 23.8 Å². The molecule has 4 aromatic rings. The molecule has 148 valence electrons. The number of carbonyl (C=O) groups is 1. The summed E-state index contributed by atoms with van der Waals surface area (Å²) in [5.74, 6) is -0.226. The Balaban J connectivity index is 1.68. The van der Waals surface area contributed by atoms with Crippen LogP contribution in [0.5, 0.6) is 0 Å². The number of alkyl halides is 1. The molecule has 0 aliphatic carbocycles. The summed E-state index contributed by atoms with van der Waals surface area (Å²) in [7, 11) is 0. The fraction of sp³-hybridized carbons (Fsp3) is 0.211. The number of nitrogens with one attached hydrogen (secondary N) is 2. The molecule has 0 unspecified atom stereocenters. The number of carbonyl (C=O) groups excluding carboxylic acids is 1. The highest BCUT2D eigenvalue weighted by atomic mass is 35.5. The highest BCUT2D eigenvalue weighted by Crippen LogP contribution is 2.45. The minimum absolute atomic E-state index is 0.0588. The Morgan fingerprint density at radius 1 is 1.38 bits per heavy atom. The first kappa shape index (κ1) is 17.9. The van der Waals surface area contributed by atoms with Gasteiger partial charge in [-0.05, 0) is 24.6 Å². The van der Waals surface area contributed by atoms with E-state index < -0.39 is 11.5 Å².